The lowest BCUT2D eigenvalue weighted by Gasteiger charge is -1.89. The van der Waals surface area contributed by atoms with Gasteiger partial charge in [0.15, 0.2) is 0 Å². The second kappa shape index (κ2) is 5.62. The Morgan fingerprint density at radius 1 is 1.36 bits per heavy atom. The molecule has 2 N–H and O–H groups in total. The first-order valence-electron chi connectivity index (χ1n) is 2.34. The Labute approximate surface area is 63.7 Å². The lowest BCUT2D eigenvalue weighted by atomic mass is 10.8. The highest BCUT2D eigenvalue weighted by molar-refractivity contribution is 7.33. The largest absolute Gasteiger partial charge is 0.731 e. The standard InChI is InChI=1S/C2H4O7P2/c1-2(7-10(4)5)8-11(6)9-3/h2H,1H3/p+2. The number of rotatable bonds is 5. The van der Waals surface area contributed by atoms with Crippen molar-refractivity contribution in [2.75, 3.05) is 0 Å². The Morgan fingerprint density at radius 2 is 1.91 bits per heavy atom. The van der Waals surface area contributed by atoms with Crippen molar-refractivity contribution >= 4 is 16.5 Å². The highest BCUT2D eigenvalue weighted by Crippen LogP contribution is 2.28. The van der Waals surface area contributed by atoms with E-state index in [4.69, 9.17) is 10.2 Å². The van der Waals surface area contributed by atoms with Gasteiger partial charge in [0.1, 0.15) is 0 Å². The molecule has 0 saturated heterocycles. The van der Waals surface area contributed by atoms with Gasteiger partial charge in [-0.25, -0.2) is 5.26 Å². The van der Waals surface area contributed by atoms with Crippen molar-refractivity contribution in [3.05, 3.63) is 0 Å². The number of hydrogen-bond acceptors (Lipinski definition) is 6. The molecule has 0 radical (unpaired) electrons. The van der Waals surface area contributed by atoms with Crippen molar-refractivity contribution in [2.24, 2.45) is 0 Å². The van der Waals surface area contributed by atoms with Gasteiger partial charge < -0.3 is 0 Å². The minimum atomic E-state index is -2.82. The summed E-state index contributed by atoms with van der Waals surface area (Å²) in [7, 11) is -5.52. The van der Waals surface area contributed by atoms with Crippen LogP contribution in [0.1, 0.15) is 6.92 Å². The van der Waals surface area contributed by atoms with E-state index >= 15 is 0 Å². The van der Waals surface area contributed by atoms with Crippen LogP contribution in [-0.4, -0.2) is 16.4 Å². The molecule has 7 nitrogen and oxygen atoms in total. The van der Waals surface area contributed by atoms with Crippen LogP contribution in [0.15, 0.2) is 0 Å². The smallest absolute Gasteiger partial charge is 0.202 e. The highest BCUT2D eigenvalue weighted by Gasteiger charge is 2.31. The van der Waals surface area contributed by atoms with Crippen LogP contribution in [0.3, 0.4) is 0 Å². The molecule has 0 aliphatic heterocycles. The zero-order valence-electron chi connectivity index (χ0n) is 5.41. The predicted octanol–water partition coefficient (Wildman–Crippen LogP) is 1.16. The molecule has 0 spiro atoms. The third-order valence-corrected chi connectivity index (χ3v) is 1.62. The molecule has 0 saturated carbocycles. The molecule has 0 rings (SSSR count). The summed E-state index contributed by atoms with van der Waals surface area (Å²) in [6, 6.07) is 0. The first-order valence-corrected chi connectivity index (χ1v) is 4.57. The monoisotopic (exact) mass is 204 g/mol. The summed E-state index contributed by atoms with van der Waals surface area (Å²) < 4.78 is 31.6. The molecular weight excluding hydrogens is 198 g/mol. The van der Waals surface area contributed by atoms with Crippen LogP contribution in [0.4, 0.5) is 0 Å². The molecule has 0 aliphatic carbocycles. The quantitative estimate of drug-likeness (QED) is 0.299. The van der Waals surface area contributed by atoms with Crippen LogP contribution >= 0.6 is 16.5 Å². The maximum Gasteiger partial charge on any atom is 0.731 e. The van der Waals surface area contributed by atoms with Gasteiger partial charge in [-0.3, -0.25) is 0 Å². The van der Waals surface area contributed by atoms with Gasteiger partial charge >= 0.3 is 16.5 Å². The summed E-state index contributed by atoms with van der Waals surface area (Å²) in [5.74, 6) is 0. The summed E-state index contributed by atoms with van der Waals surface area (Å²) in [6.07, 6.45) is -1.18. The molecule has 3 unspecified atom stereocenters. The molecule has 0 aromatic carbocycles. The number of hydrogen-bond donors (Lipinski definition) is 2. The maximum atomic E-state index is 10.2. The van der Waals surface area contributed by atoms with Crippen LogP contribution < -0.4 is 0 Å². The fraction of sp³-hybridized carbons (Fsp3) is 1.00. The van der Waals surface area contributed by atoms with Crippen LogP contribution in [-0.2, 0) is 22.9 Å². The average molecular weight is 204 g/mol. The van der Waals surface area contributed by atoms with Crippen molar-refractivity contribution < 1.29 is 33.0 Å². The van der Waals surface area contributed by atoms with Crippen molar-refractivity contribution in [3.63, 3.8) is 0 Å². The van der Waals surface area contributed by atoms with Crippen molar-refractivity contribution in [1.29, 1.82) is 0 Å². The first kappa shape index (κ1) is 11.0. The zero-order chi connectivity index (χ0) is 8.85. The molecule has 0 amide bonds. The van der Waals surface area contributed by atoms with Crippen LogP contribution in [0.25, 0.3) is 0 Å². The van der Waals surface area contributed by atoms with Crippen LogP contribution in [0.2, 0.25) is 0 Å². The Kier molecular flexibility index (Phi) is 5.62. The van der Waals surface area contributed by atoms with Gasteiger partial charge in [-0.2, -0.15) is 0 Å². The van der Waals surface area contributed by atoms with Gasteiger partial charge in [0, 0.05) is 9.13 Å². The third-order valence-electron chi connectivity index (χ3n) is 0.540. The molecule has 0 heterocycles. The molecule has 0 aromatic heterocycles. The molecule has 9 heteroatoms. The third kappa shape index (κ3) is 6.40. The summed E-state index contributed by atoms with van der Waals surface area (Å²) in [5, 5.41) is 7.72. The second-order valence-electron chi connectivity index (χ2n) is 1.32. The summed E-state index contributed by atoms with van der Waals surface area (Å²) in [6.45, 7) is 1.22. The molecule has 11 heavy (non-hydrogen) atoms. The van der Waals surface area contributed by atoms with E-state index in [1.165, 1.54) is 6.92 Å². The highest BCUT2D eigenvalue weighted by atomic mass is 31.1. The van der Waals surface area contributed by atoms with Crippen molar-refractivity contribution in [2.45, 2.75) is 13.2 Å². The minimum absolute atomic E-state index is 1.18. The molecule has 0 fully saturated rings. The topological polar surface area (TPSA) is 102 Å². The van der Waals surface area contributed by atoms with Gasteiger partial charge in [0.05, 0.1) is 4.67 Å². The second-order valence-corrected chi connectivity index (χ2v) is 2.83. The fourth-order valence-electron chi connectivity index (χ4n) is 0.287. The van der Waals surface area contributed by atoms with E-state index in [0.29, 0.717) is 0 Å². The molecule has 64 valence electrons. The Balaban J connectivity index is 3.60. The van der Waals surface area contributed by atoms with E-state index < -0.39 is 22.8 Å². The Hall–Kier alpha value is -0.0000000000000000416. The van der Waals surface area contributed by atoms with E-state index in [-0.39, 0.29) is 0 Å². The lowest BCUT2D eigenvalue weighted by Crippen LogP contribution is -2.03. The van der Waals surface area contributed by atoms with E-state index in [9.17, 15) is 9.13 Å². The van der Waals surface area contributed by atoms with Crippen molar-refractivity contribution in [3.8, 4) is 0 Å². The minimum Gasteiger partial charge on any atom is -0.202 e. The lowest BCUT2D eigenvalue weighted by molar-refractivity contribution is -0.150. The van der Waals surface area contributed by atoms with E-state index in [0.717, 1.165) is 0 Å². The SMILES string of the molecule is CC(O[P+](=O)O)O[P+](=O)OO. The van der Waals surface area contributed by atoms with Gasteiger partial charge in [-0.1, -0.05) is 9.05 Å². The van der Waals surface area contributed by atoms with E-state index in [2.05, 4.69) is 13.7 Å². The Bertz CT molecular complexity index is 157. The Morgan fingerprint density at radius 3 is 2.27 bits per heavy atom. The van der Waals surface area contributed by atoms with Gasteiger partial charge in [-0.15, -0.1) is 4.89 Å². The van der Waals surface area contributed by atoms with E-state index in [1.807, 2.05) is 0 Å². The summed E-state index contributed by atoms with van der Waals surface area (Å²) >= 11 is 0. The molecule has 3 atom stereocenters. The molecular formula is C2H6O7P2+2. The molecule has 0 aliphatic rings. The maximum absolute atomic E-state index is 10.2. The van der Waals surface area contributed by atoms with Gasteiger partial charge in [0.25, 0.3) is 6.29 Å². The molecule has 0 aromatic rings. The zero-order valence-corrected chi connectivity index (χ0v) is 7.20. The fourth-order valence-corrected chi connectivity index (χ4v) is 0.976. The summed E-state index contributed by atoms with van der Waals surface area (Å²) in [5.41, 5.74) is 0. The van der Waals surface area contributed by atoms with Crippen molar-refractivity contribution in [1.82, 2.24) is 0 Å². The van der Waals surface area contributed by atoms with Gasteiger partial charge in [0.2, 0.25) is 0 Å². The average Bonchev–Trinajstić information content (AvgIpc) is 1.85. The summed E-state index contributed by atoms with van der Waals surface area (Å²) in [4.78, 5) is 8.12. The van der Waals surface area contributed by atoms with Crippen LogP contribution in [0.5, 0.6) is 0 Å². The normalized spacial score (nSPS) is 15.9. The first-order chi connectivity index (χ1) is 5.06. The van der Waals surface area contributed by atoms with Gasteiger partial charge in [-0.05, 0) is 6.92 Å². The van der Waals surface area contributed by atoms with Crippen LogP contribution in [0, 0.1) is 0 Å². The van der Waals surface area contributed by atoms with E-state index in [1.54, 1.807) is 0 Å². The molecule has 0 bridgehead atoms. The predicted molar refractivity (Wildman–Crippen MR) is 32.8 cm³/mol.